The van der Waals surface area contributed by atoms with E-state index in [2.05, 4.69) is 38.1 Å². The Hall–Kier alpha value is -4.22. The first-order chi connectivity index (χ1) is 18.1. The highest BCUT2D eigenvalue weighted by Gasteiger charge is 2.17. The summed E-state index contributed by atoms with van der Waals surface area (Å²) in [6.45, 7) is 6.46. The molecule has 3 N–H and O–H groups in total. The van der Waals surface area contributed by atoms with E-state index in [1.54, 1.807) is 12.4 Å². The Morgan fingerprint density at radius 2 is 2.03 bits per heavy atom. The fraction of sp³-hybridized carbons (Fsp3) is 0.310. The van der Waals surface area contributed by atoms with Crippen molar-refractivity contribution in [2.24, 2.45) is 5.92 Å². The molecule has 0 spiro atoms. The number of aromatic nitrogens is 3. The van der Waals surface area contributed by atoms with E-state index in [-0.39, 0.29) is 5.92 Å². The number of pyridine rings is 1. The summed E-state index contributed by atoms with van der Waals surface area (Å²) in [6, 6.07) is 18.5. The van der Waals surface area contributed by atoms with Crippen molar-refractivity contribution in [1.82, 2.24) is 20.3 Å². The van der Waals surface area contributed by atoms with Gasteiger partial charge in [0, 0.05) is 48.0 Å². The minimum absolute atomic E-state index is 0.0888. The Balaban J connectivity index is 1.46. The minimum Gasteiger partial charge on any atom is -0.437 e. The van der Waals surface area contributed by atoms with Gasteiger partial charge in [-0.3, -0.25) is 0 Å². The predicted molar refractivity (Wildman–Crippen MR) is 147 cm³/mol. The Morgan fingerprint density at radius 1 is 1.11 bits per heavy atom. The molecule has 0 amide bonds. The summed E-state index contributed by atoms with van der Waals surface area (Å²) >= 11 is 0. The molecule has 2 aromatic carbocycles. The van der Waals surface area contributed by atoms with Gasteiger partial charge < -0.3 is 20.7 Å². The second kappa shape index (κ2) is 11.2. The number of anilines is 2. The highest BCUT2D eigenvalue weighted by atomic mass is 16.5. The largest absolute Gasteiger partial charge is 0.437 e. The monoisotopic (exact) mass is 493 g/mol. The van der Waals surface area contributed by atoms with Crippen LogP contribution in [0.4, 0.5) is 11.6 Å². The van der Waals surface area contributed by atoms with Crippen LogP contribution in [0.5, 0.6) is 11.6 Å². The van der Waals surface area contributed by atoms with Crippen LogP contribution in [0.1, 0.15) is 25.3 Å². The van der Waals surface area contributed by atoms with E-state index in [1.807, 2.05) is 56.3 Å². The fourth-order valence-corrected chi connectivity index (χ4v) is 4.54. The number of fused-ring (bicyclic) bond motifs is 1. The topological polar surface area (TPSA) is 108 Å². The molecule has 0 unspecified atom stereocenters. The molecular weight excluding hydrogens is 462 g/mol. The van der Waals surface area contributed by atoms with Crippen LogP contribution in [-0.2, 0) is 0 Å². The van der Waals surface area contributed by atoms with Crippen LogP contribution >= 0.6 is 0 Å². The van der Waals surface area contributed by atoms with Gasteiger partial charge in [0.05, 0.1) is 23.2 Å². The van der Waals surface area contributed by atoms with Gasteiger partial charge in [0.15, 0.2) is 0 Å². The van der Waals surface area contributed by atoms with Crippen molar-refractivity contribution in [3.05, 3.63) is 66.5 Å². The molecule has 0 radical (unpaired) electrons. The smallest absolute Gasteiger partial charge is 0.228 e. The van der Waals surface area contributed by atoms with Gasteiger partial charge in [-0.1, -0.05) is 24.3 Å². The van der Waals surface area contributed by atoms with Crippen LogP contribution in [-0.4, -0.2) is 40.6 Å². The van der Waals surface area contributed by atoms with Gasteiger partial charge in [-0.25, -0.2) is 15.0 Å². The molecule has 37 heavy (non-hydrogen) atoms. The molecular formula is C29H31N7O. The molecule has 1 fully saturated rings. The van der Waals surface area contributed by atoms with Gasteiger partial charge in [0.2, 0.25) is 11.8 Å². The van der Waals surface area contributed by atoms with Crippen LogP contribution in [0, 0.1) is 24.2 Å². The van der Waals surface area contributed by atoms with Gasteiger partial charge in [-0.05, 0) is 63.1 Å². The van der Waals surface area contributed by atoms with E-state index in [4.69, 9.17) is 15.0 Å². The average Bonchev–Trinajstić information content (AvgIpc) is 2.94. The van der Waals surface area contributed by atoms with Gasteiger partial charge in [0.1, 0.15) is 5.75 Å². The van der Waals surface area contributed by atoms with Crippen LogP contribution in [0.25, 0.3) is 22.0 Å². The highest BCUT2D eigenvalue weighted by molar-refractivity contribution is 5.98. The number of aryl methyl sites for hydroxylation is 1. The number of nitrogens with one attached hydrogen (secondary N) is 3. The first-order valence-electron chi connectivity index (χ1n) is 12.7. The van der Waals surface area contributed by atoms with Crippen molar-refractivity contribution in [2.75, 3.05) is 30.3 Å². The van der Waals surface area contributed by atoms with E-state index in [1.165, 1.54) is 0 Å². The Morgan fingerprint density at radius 3 is 2.86 bits per heavy atom. The van der Waals surface area contributed by atoms with Gasteiger partial charge >= 0.3 is 0 Å². The number of ether oxygens (including phenoxy) is 1. The second-order valence-electron chi connectivity index (χ2n) is 9.43. The van der Waals surface area contributed by atoms with Crippen molar-refractivity contribution in [3.8, 4) is 29.0 Å². The van der Waals surface area contributed by atoms with Crippen LogP contribution in [0.2, 0.25) is 0 Å². The molecule has 4 aromatic rings. The number of rotatable bonds is 8. The third kappa shape index (κ3) is 5.63. The zero-order valence-electron chi connectivity index (χ0n) is 21.2. The lowest BCUT2D eigenvalue weighted by molar-refractivity contribution is 0.466. The number of hydrogen-bond acceptors (Lipinski definition) is 8. The van der Waals surface area contributed by atoms with Gasteiger partial charge in [-0.15, -0.1) is 0 Å². The van der Waals surface area contributed by atoms with Gasteiger partial charge in [0.25, 0.3) is 0 Å². The van der Waals surface area contributed by atoms with Crippen LogP contribution in [0.3, 0.4) is 0 Å². The summed E-state index contributed by atoms with van der Waals surface area (Å²) in [5.74, 6) is 1.74. The molecule has 2 aromatic heterocycles. The zero-order chi connectivity index (χ0) is 25.6. The summed E-state index contributed by atoms with van der Waals surface area (Å²) < 4.78 is 6.52. The maximum absolute atomic E-state index is 9.16. The molecule has 1 saturated heterocycles. The van der Waals surface area contributed by atoms with Crippen molar-refractivity contribution < 1.29 is 4.74 Å². The van der Waals surface area contributed by atoms with E-state index in [0.29, 0.717) is 24.4 Å². The normalized spacial score (nSPS) is 16.1. The summed E-state index contributed by atoms with van der Waals surface area (Å²) in [4.78, 5) is 13.8. The lowest BCUT2D eigenvalue weighted by Gasteiger charge is -2.23. The summed E-state index contributed by atoms with van der Waals surface area (Å²) in [5, 5.41) is 21.4. The molecule has 188 valence electrons. The SMILES string of the molecule is Cc1ccc2c(NC[C@H](C)C#N)cccc2c1Oc1ncccc1-c1ccnc(N[C@H]2CCCNC2)n1. The Bertz CT molecular complexity index is 1430. The molecule has 5 rings (SSSR count). The molecule has 1 aliphatic rings. The molecule has 8 heteroatoms. The maximum Gasteiger partial charge on any atom is 0.228 e. The lowest BCUT2D eigenvalue weighted by atomic mass is 10.0. The number of nitrogens with zero attached hydrogens (tertiary/aromatic N) is 4. The third-order valence-electron chi connectivity index (χ3n) is 6.56. The molecule has 1 aliphatic heterocycles. The van der Waals surface area contributed by atoms with Crippen molar-refractivity contribution in [2.45, 2.75) is 32.7 Å². The first kappa shape index (κ1) is 24.5. The number of piperidine rings is 1. The number of hydrogen-bond donors (Lipinski definition) is 3. The fourth-order valence-electron chi connectivity index (χ4n) is 4.54. The minimum atomic E-state index is -0.0888. The Kier molecular flexibility index (Phi) is 7.43. The third-order valence-corrected chi connectivity index (χ3v) is 6.56. The van der Waals surface area contributed by atoms with Crippen molar-refractivity contribution in [3.63, 3.8) is 0 Å². The van der Waals surface area contributed by atoms with Crippen LogP contribution < -0.4 is 20.7 Å². The molecule has 2 atom stereocenters. The van der Waals surface area contributed by atoms with Crippen LogP contribution in [0.15, 0.2) is 60.9 Å². The van der Waals surface area contributed by atoms with Gasteiger partial charge in [-0.2, -0.15) is 5.26 Å². The maximum atomic E-state index is 9.16. The highest BCUT2D eigenvalue weighted by Crippen LogP contribution is 2.38. The second-order valence-corrected chi connectivity index (χ2v) is 9.43. The zero-order valence-corrected chi connectivity index (χ0v) is 21.2. The average molecular weight is 494 g/mol. The lowest BCUT2D eigenvalue weighted by Crippen LogP contribution is -2.38. The van der Waals surface area contributed by atoms with Crippen molar-refractivity contribution >= 4 is 22.4 Å². The molecule has 3 heterocycles. The summed E-state index contributed by atoms with van der Waals surface area (Å²) in [6.07, 6.45) is 5.72. The quantitative estimate of drug-likeness (QED) is 0.294. The van der Waals surface area contributed by atoms with E-state index in [9.17, 15) is 0 Å². The summed E-state index contributed by atoms with van der Waals surface area (Å²) in [7, 11) is 0. The number of benzene rings is 2. The van der Waals surface area contributed by atoms with E-state index >= 15 is 0 Å². The Labute approximate surface area is 217 Å². The first-order valence-corrected chi connectivity index (χ1v) is 12.7. The van der Waals surface area contributed by atoms with E-state index < -0.39 is 0 Å². The predicted octanol–water partition coefficient (Wildman–Crippen LogP) is 5.53. The molecule has 8 nitrogen and oxygen atoms in total. The van der Waals surface area contributed by atoms with E-state index in [0.717, 1.165) is 65.0 Å². The standard InChI is InChI=1S/C29H31N7O/c1-19(16-30)17-34-25-9-3-7-23-22(25)11-10-20(2)27(23)37-28-24(8-5-14-32-28)26-12-15-33-29(36-26)35-21-6-4-13-31-18-21/h3,5,7-12,14-15,19,21,31,34H,4,6,13,17-18H2,1-2H3,(H,33,35,36)/t19-,21+/m1/s1. The molecule has 0 aliphatic carbocycles. The molecule has 0 bridgehead atoms. The van der Waals surface area contributed by atoms with Crippen molar-refractivity contribution in [1.29, 1.82) is 5.26 Å². The number of nitriles is 1. The summed E-state index contributed by atoms with van der Waals surface area (Å²) in [5.41, 5.74) is 3.51. The molecule has 0 saturated carbocycles.